The first-order chi connectivity index (χ1) is 14.4. The van der Waals surface area contributed by atoms with Crippen molar-refractivity contribution in [1.29, 1.82) is 0 Å². The Balaban J connectivity index is 1.50. The van der Waals surface area contributed by atoms with Gasteiger partial charge in [0.15, 0.2) is 0 Å². The molecule has 2 aromatic rings. The number of anilines is 2. The van der Waals surface area contributed by atoms with Crippen LogP contribution in [0, 0.1) is 6.92 Å². The predicted molar refractivity (Wildman–Crippen MR) is 119 cm³/mol. The maximum absolute atomic E-state index is 13.2. The van der Waals surface area contributed by atoms with Crippen molar-refractivity contribution in [2.45, 2.75) is 19.4 Å². The standard InChI is InChI=1S/C22H23Cl2N3O3/c1-14-11-18(20(30-2)12-16(14)24)27-21(28)13-19(22(27)29)26-9-7-25(8-10-26)17-6-4-3-5-15(17)23/h3-6,11-12,19H,7-10,13H2,1-2H3. The lowest BCUT2D eigenvalue weighted by Crippen LogP contribution is -2.52. The molecular weight excluding hydrogens is 425 g/mol. The highest BCUT2D eigenvalue weighted by atomic mass is 35.5. The van der Waals surface area contributed by atoms with Gasteiger partial charge >= 0.3 is 0 Å². The molecule has 8 heteroatoms. The van der Waals surface area contributed by atoms with E-state index in [2.05, 4.69) is 9.80 Å². The zero-order chi connectivity index (χ0) is 21.4. The third-order valence-electron chi connectivity index (χ3n) is 5.77. The number of halogens is 2. The first-order valence-electron chi connectivity index (χ1n) is 9.85. The number of carbonyl (C=O) groups excluding carboxylic acids is 2. The van der Waals surface area contributed by atoms with Crippen LogP contribution in [0.5, 0.6) is 5.75 Å². The molecule has 30 heavy (non-hydrogen) atoms. The molecule has 2 saturated heterocycles. The second kappa shape index (κ2) is 8.46. The highest BCUT2D eigenvalue weighted by Crippen LogP contribution is 2.37. The second-order valence-electron chi connectivity index (χ2n) is 7.53. The van der Waals surface area contributed by atoms with Gasteiger partial charge in [0.25, 0.3) is 5.91 Å². The van der Waals surface area contributed by atoms with Gasteiger partial charge in [0.2, 0.25) is 5.91 Å². The number of para-hydroxylation sites is 1. The molecule has 0 aromatic heterocycles. The van der Waals surface area contributed by atoms with Crippen LogP contribution in [0.4, 0.5) is 11.4 Å². The number of hydrogen-bond acceptors (Lipinski definition) is 5. The van der Waals surface area contributed by atoms with Crippen LogP contribution >= 0.6 is 23.2 Å². The summed E-state index contributed by atoms with van der Waals surface area (Å²) in [7, 11) is 1.50. The van der Waals surface area contributed by atoms with Crippen LogP contribution in [-0.2, 0) is 9.59 Å². The van der Waals surface area contributed by atoms with E-state index in [0.29, 0.717) is 29.5 Å². The number of amides is 2. The summed E-state index contributed by atoms with van der Waals surface area (Å²) >= 11 is 12.5. The van der Waals surface area contributed by atoms with Crippen molar-refractivity contribution in [3.8, 4) is 5.75 Å². The maximum atomic E-state index is 13.2. The van der Waals surface area contributed by atoms with Gasteiger partial charge in [-0.05, 0) is 30.7 Å². The smallest absolute Gasteiger partial charge is 0.251 e. The number of piperazine rings is 1. The fourth-order valence-corrected chi connectivity index (χ4v) is 4.53. The van der Waals surface area contributed by atoms with Gasteiger partial charge in [-0.3, -0.25) is 14.5 Å². The van der Waals surface area contributed by atoms with Gasteiger partial charge in [-0.15, -0.1) is 0 Å². The highest BCUT2D eigenvalue weighted by molar-refractivity contribution is 6.33. The fraction of sp³-hybridized carbons (Fsp3) is 0.364. The van der Waals surface area contributed by atoms with E-state index in [4.69, 9.17) is 27.9 Å². The summed E-state index contributed by atoms with van der Waals surface area (Å²) in [5.41, 5.74) is 2.23. The van der Waals surface area contributed by atoms with Gasteiger partial charge in [-0.1, -0.05) is 35.3 Å². The van der Waals surface area contributed by atoms with E-state index in [1.165, 1.54) is 12.0 Å². The number of aryl methyl sites for hydroxylation is 1. The number of rotatable bonds is 4. The molecule has 158 valence electrons. The van der Waals surface area contributed by atoms with Gasteiger partial charge < -0.3 is 9.64 Å². The summed E-state index contributed by atoms with van der Waals surface area (Å²) in [6, 6.07) is 10.7. The summed E-state index contributed by atoms with van der Waals surface area (Å²) in [6.07, 6.45) is 0.162. The van der Waals surface area contributed by atoms with E-state index < -0.39 is 6.04 Å². The number of hydrogen-bond donors (Lipinski definition) is 0. The van der Waals surface area contributed by atoms with Crippen molar-refractivity contribution >= 4 is 46.4 Å². The molecule has 2 fully saturated rings. The van der Waals surface area contributed by atoms with Crippen LogP contribution in [0.1, 0.15) is 12.0 Å². The van der Waals surface area contributed by atoms with Crippen LogP contribution in [0.3, 0.4) is 0 Å². The number of carbonyl (C=O) groups is 2. The first kappa shape index (κ1) is 21.0. The number of imide groups is 1. The minimum Gasteiger partial charge on any atom is -0.495 e. The largest absolute Gasteiger partial charge is 0.495 e. The molecular formula is C22H23Cl2N3O3. The monoisotopic (exact) mass is 447 g/mol. The molecule has 2 aromatic carbocycles. The van der Waals surface area contributed by atoms with Gasteiger partial charge in [0, 0.05) is 37.3 Å². The molecule has 2 heterocycles. The normalized spacial score (nSPS) is 20.2. The van der Waals surface area contributed by atoms with Gasteiger partial charge in [-0.2, -0.15) is 0 Å². The third kappa shape index (κ3) is 3.75. The first-order valence-corrected chi connectivity index (χ1v) is 10.6. The third-order valence-corrected chi connectivity index (χ3v) is 6.50. The van der Waals surface area contributed by atoms with Crippen molar-refractivity contribution in [3.63, 3.8) is 0 Å². The molecule has 0 bridgehead atoms. The van der Waals surface area contributed by atoms with Crippen LogP contribution in [-0.4, -0.2) is 56.0 Å². The van der Waals surface area contributed by atoms with E-state index in [0.717, 1.165) is 29.4 Å². The zero-order valence-corrected chi connectivity index (χ0v) is 18.4. The number of nitrogens with zero attached hydrogens (tertiary/aromatic N) is 3. The highest BCUT2D eigenvalue weighted by Gasteiger charge is 2.44. The summed E-state index contributed by atoms with van der Waals surface area (Å²) in [4.78, 5) is 31.6. The molecule has 4 rings (SSSR count). The Labute approximate surface area is 185 Å². The molecule has 0 N–H and O–H groups in total. The molecule has 1 atom stereocenters. The number of methoxy groups -OCH3 is 1. The van der Waals surface area contributed by atoms with E-state index in [1.54, 1.807) is 12.1 Å². The van der Waals surface area contributed by atoms with Crippen molar-refractivity contribution in [3.05, 3.63) is 52.0 Å². The molecule has 0 aliphatic carbocycles. The van der Waals surface area contributed by atoms with Crippen LogP contribution in [0.2, 0.25) is 10.0 Å². The Morgan fingerprint density at radius 2 is 1.67 bits per heavy atom. The molecule has 1 unspecified atom stereocenters. The van der Waals surface area contributed by atoms with E-state index in [1.807, 2.05) is 31.2 Å². The molecule has 0 saturated carbocycles. The van der Waals surface area contributed by atoms with Gasteiger partial charge in [-0.25, -0.2) is 4.90 Å². The zero-order valence-electron chi connectivity index (χ0n) is 16.9. The van der Waals surface area contributed by atoms with Crippen molar-refractivity contribution in [1.82, 2.24) is 4.90 Å². The van der Waals surface area contributed by atoms with E-state index in [9.17, 15) is 9.59 Å². The van der Waals surface area contributed by atoms with Crippen LogP contribution in [0.25, 0.3) is 0 Å². The molecule has 2 aliphatic rings. The fourth-order valence-electron chi connectivity index (χ4n) is 4.12. The Morgan fingerprint density at radius 1 is 0.967 bits per heavy atom. The van der Waals surface area contributed by atoms with E-state index >= 15 is 0 Å². The Hall–Kier alpha value is -2.28. The number of benzene rings is 2. The molecule has 0 radical (unpaired) electrons. The average molecular weight is 448 g/mol. The van der Waals surface area contributed by atoms with Crippen molar-refractivity contribution in [2.24, 2.45) is 0 Å². The Bertz CT molecular complexity index is 990. The van der Waals surface area contributed by atoms with E-state index in [-0.39, 0.29) is 18.2 Å². The van der Waals surface area contributed by atoms with Crippen molar-refractivity contribution in [2.75, 3.05) is 43.1 Å². The van der Waals surface area contributed by atoms with Gasteiger partial charge in [0.05, 0.1) is 36.0 Å². The number of ether oxygens (including phenoxy) is 1. The quantitative estimate of drug-likeness (QED) is 0.667. The van der Waals surface area contributed by atoms with Crippen LogP contribution < -0.4 is 14.5 Å². The summed E-state index contributed by atoms with van der Waals surface area (Å²) in [6.45, 7) is 4.68. The molecule has 2 aliphatic heterocycles. The molecule has 6 nitrogen and oxygen atoms in total. The maximum Gasteiger partial charge on any atom is 0.251 e. The summed E-state index contributed by atoms with van der Waals surface area (Å²) in [5, 5.41) is 1.25. The molecule has 2 amide bonds. The minimum atomic E-state index is -0.466. The average Bonchev–Trinajstić information content (AvgIpc) is 3.04. The summed E-state index contributed by atoms with van der Waals surface area (Å²) in [5.74, 6) is -0.0266. The minimum absolute atomic E-state index is 0.162. The Kier molecular flexibility index (Phi) is 5.91. The Morgan fingerprint density at radius 3 is 2.33 bits per heavy atom. The lowest BCUT2D eigenvalue weighted by Gasteiger charge is -2.38. The lowest BCUT2D eigenvalue weighted by atomic mass is 10.1. The second-order valence-corrected chi connectivity index (χ2v) is 8.35. The predicted octanol–water partition coefficient (Wildman–Crippen LogP) is 3.76. The van der Waals surface area contributed by atoms with Crippen molar-refractivity contribution < 1.29 is 14.3 Å². The van der Waals surface area contributed by atoms with Gasteiger partial charge in [0.1, 0.15) is 5.75 Å². The molecule has 0 spiro atoms. The SMILES string of the molecule is COc1cc(Cl)c(C)cc1N1C(=O)CC(N2CCN(c3ccccc3Cl)CC2)C1=O. The lowest BCUT2D eigenvalue weighted by molar-refractivity contribution is -0.123. The van der Waals surface area contributed by atoms with Crippen LogP contribution in [0.15, 0.2) is 36.4 Å². The summed E-state index contributed by atoms with van der Waals surface area (Å²) < 4.78 is 5.38. The topological polar surface area (TPSA) is 53.1 Å².